The van der Waals surface area contributed by atoms with Gasteiger partial charge in [-0.25, -0.2) is 0 Å². The number of anilines is 2. The molecule has 0 spiro atoms. The third kappa shape index (κ3) is 4.25. The summed E-state index contributed by atoms with van der Waals surface area (Å²) in [4.78, 5) is 26.9. The van der Waals surface area contributed by atoms with Gasteiger partial charge < -0.3 is 19.7 Å². The first kappa shape index (κ1) is 18.5. The Morgan fingerprint density at radius 1 is 1.19 bits per heavy atom. The summed E-state index contributed by atoms with van der Waals surface area (Å²) in [5, 5.41) is 1.77. The molecule has 142 valence electrons. The summed E-state index contributed by atoms with van der Waals surface area (Å²) in [6, 6.07) is 4.07. The van der Waals surface area contributed by atoms with E-state index in [-0.39, 0.29) is 24.0 Å². The number of amides is 2. The normalized spacial score (nSPS) is 18.3. The average Bonchev–Trinajstić information content (AvgIpc) is 2.61. The van der Waals surface area contributed by atoms with Crippen molar-refractivity contribution < 1.29 is 32.2 Å². The molecule has 0 saturated carbocycles. The third-order valence-corrected chi connectivity index (χ3v) is 4.16. The number of rotatable bonds is 4. The van der Waals surface area contributed by atoms with Crippen LogP contribution in [-0.4, -0.2) is 68.9 Å². The quantitative estimate of drug-likeness (QED) is 0.860. The molecule has 0 bridgehead atoms. The van der Waals surface area contributed by atoms with E-state index in [1.165, 1.54) is 18.2 Å². The Kier molecular flexibility index (Phi) is 5.33. The van der Waals surface area contributed by atoms with Crippen molar-refractivity contribution in [3.63, 3.8) is 0 Å². The topological polar surface area (TPSA) is 71.1 Å². The molecule has 0 aliphatic carbocycles. The Labute approximate surface area is 147 Å². The molecule has 1 fully saturated rings. The largest absolute Gasteiger partial charge is 0.481 e. The maximum absolute atomic E-state index is 12.4. The predicted molar refractivity (Wildman–Crippen MR) is 86.2 cm³/mol. The van der Waals surface area contributed by atoms with Gasteiger partial charge in [0.25, 0.3) is 5.91 Å². The monoisotopic (exact) mass is 373 g/mol. The van der Waals surface area contributed by atoms with Crippen LogP contribution in [0.25, 0.3) is 0 Å². The molecule has 1 aromatic carbocycles. The van der Waals surface area contributed by atoms with Crippen molar-refractivity contribution in [3.05, 3.63) is 18.2 Å². The zero-order valence-electron chi connectivity index (χ0n) is 13.8. The summed E-state index contributed by atoms with van der Waals surface area (Å²) in [5.74, 6) is -2.03. The van der Waals surface area contributed by atoms with Crippen LogP contribution in [0.15, 0.2) is 18.2 Å². The average molecular weight is 373 g/mol. The molecule has 2 amide bonds. The van der Waals surface area contributed by atoms with Crippen LogP contribution in [0.2, 0.25) is 0 Å². The molecule has 2 heterocycles. The first-order valence-electron chi connectivity index (χ1n) is 8.10. The fourth-order valence-corrected chi connectivity index (χ4v) is 2.80. The minimum Gasteiger partial charge on any atom is -0.481 e. The number of alkyl halides is 3. The van der Waals surface area contributed by atoms with Gasteiger partial charge in [0, 0.05) is 37.9 Å². The highest BCUT2D eigenvalue weighted by atomic mass is 19.4. The van der Waals surface area contributed by atoms with Crippen LogP contribution in [0.1, 0.15) is 0 Å². The summed E-state index contributed by atoms with van der Waals surface area (Å²) in [5.41, 5.74) is 0.424. The third-order valence-electron chi connectivity index (χ3n) is 4.16. The standard InChI is InChI=1S/C16H18F3N3O4/c17-16(18,19)15(24)20-11-1-2-12-13(9-11)26-10-14(23)22(12)4-3-21-5-7-25-8-6-21/h1-2,9H,3-8,10H2,(H,20,24). The molecule has 1 N–H and O–H groups in total. The summed E-state index contributed by atoms with van der Waals surface area (Å²) >= 11 is 0. The number of hydrogen-bond donors (Lipinski definition) is 1. The lowest BCUT2D eigenvalue weighted by Crippen LogP contribution is -2.45. The number of carbonyl (C=O) groups excluding carboxylic acids is 2. The van der Waals surface area contributed by atoms with Crippen molar-refractivity contribution in [2.45, 2.75) is 6.18 Å². The molecule has 0 aromatic heterocycles. The van der Waals surface area contributed by atoms with Gasteiger partial charge >= 0.3 is 12.1 Å². The summed E-state index contributed by atoms with van der Waals surface area (Å²) < 4.78 is 47.7. The molecule has 2 aliphatic rings. The Morgan fingerprint density at radius 3 is 2.62 bits per heavy atom. The van der Waals surface area contributed by atoms with Gasteiger partial charge in [0.2, 0.25) is 0 Å². The van der Waals surface area contributed by atoms with E-state index in [1.807, 2.05) is 0 Å². The molecule has 7 nitrogen and oxygen atoms in total. The van der Waals surface area contributed by atoms with Gasteiger partial charge in [0.1, 0.15) is 5.75 Å². The van der Waals surface area contributed by atoms with Crippen molar-refractivity contribution >= 4 is 23.2 Å². The summed E-state index contributed by atoms with van der Waals surface area (Å²) in [7, 11) is 0. The Bertz CT molecular complexity index is 690. The van der Waals surface area contributed by atoms with Gasteiger partial charge in [-0.1, -0.05) is 0 Å². The van der Waals surface area contributed by atoms with E-state index in [0.717, 1.165) is 13.1 Å². The lowest BCUT2D eigenvalue weighted by atomic mass is 10.2. The van der Waals surface area contributed by atoms with E-state index in [9.17, 15) is 22.8 Å². The number of morpholine rings is 1. The Hall–Kier alpha value is -2.33. The highest BCUT2D eigenvalue weighted by Gasteiger charge is 2.39. The molecule has 0 unspecified atom stereocenters. The zero-order chi connectivity index (χ0) is 18.7. The van der Waals surface area contributed by atoms with Crippen LogP contribution in [-0.2, 0) is 14.3 Å². The van der Waals surface area contributed by atoms with Gasteiger partial charge in [0.15, 0.2) is 6.61 Å². The molecule has 1 aromatic rings. The first-order chi connectivity index (χ1) is 12.3. The van der Waals surface area contributed by atoms with Crippen LogP contribution < -0.4 is 15.0 Å². The predicted octanol–water partition coefficient (Wildman–Crippen LogP) is 1.24. The highest BCUT2D eigenvalue weighted by molar-refractivity contribution is 5.99. The van der Waals surface area contributed by atoms with E-state index in [2.05, 4.69) is 4.90 Å². The lowest BCUT2D eigenvalue weighted by Gasteiger charge is -2.33. The smallest absolute Gasteiger partial charge is 0.471 e. The van der Waals surface area contributed by atoms with Crippen LogP contribution >= 0.6 is 0 Å². The van der Waals surface area contributed by atoms with Gasteiger partial charge in [-0.3, -0.25) is 14.5 Å². The molecular weight excluding hydrogens is 355 g/mol. The van der Waals surface area contributed by atoms with Crippen molar-refractivity contribution in [1.82, 2.24) is 4.90 Å². The molecule has 0 radical (unpaired) electrons. The van der Waals surface area contributed by atoms with E-state index in [1.54, 1.807) is 10.2 Å². The van der Waals surface area contributed by atoms with Gasteiger partial charge in [0.05, 0.1) is 18.9 Å². The molecule has 2 aliphatic heterocycles. The zero-order valence-corrected chi connectivity index (χ0v) is 13.8. The number of ether oxygens (including phenoxy) is 2. The maximum atomic E-state index is 12.4. The van der Waals surface area contributed by atoms with Gasteiger partial charge in [-0.05, 0) is 12.1 Å². The van der Waals surface area contributed by atoms with Gasteiger partial charge in [-0.15, -0.1) is 0 Å². The van der Waals surface area contributed by atoms with Crippen LogP contribution in [0.3, 0.4) is 0 Å². The van der Waals surface area contributed by atoms with Crippen molar-refractivity contribution in [1.29, 1.82) is 0 Å². The number of nitrogens with one attached hydrogen (secondary N) is 1. The molecule has 0 atom stereocenters. The first-order valence-corrected chi connectivity index (χ1v) is 8.10. The number of hydrogen-bond acceptors (Lipinski definition) is 5. The highest BCUT2D eigenvalue weighted by Crippen LogP contribution is 2.35. The molecule has 26 heavy (non-hydrogen) atoms. The Morgan fingerprint density at radius 2 is 1.92 bits per heavy atom. The molecule has 10 heteroatoms. The van der Waals surface area contributed by atoms with Crippen molar-refractivity contribution in [3.8, 4) is 5.75 Å². The number of carbonyl (C=O) groups is 2. The second kappa shape index (κ2) is 7.50. The van der Waals surface area contributed by atoms with Crippen LogP contribution in [0.4, 0.5) is 24.5 Å². The maximum Gasteiger partial charge on any atom is 0.471 e. The number of nitrogens with zero attached hydrogens (tertiary/aromatic N) is 2. The van der Waals surface area contributed by atoms with Crippen molar-refractivity contribution in [2.75, 3.05) is 56.2 Å². The van der Waals surface area contributed by atoms with Crippen LogP contribution in [0.5, 0.6) is 5.75 Å². The molecular formula is C16H18F3N3O4. The lowest BCUT2D eigenvalue weighted by molar-refractivity contribution is -0.167. The number of fused-ring (bicyclic) bond motifs is 1. The minimum atomic E-state index is -4.98. The SMILES string of the molecule is O=C1COc2cc(NC(=O)C(F)(F)F)ccc2N1CCN1CCOCC1. The second-order valence-electron chi connectivity index (χ2n) is 5.92. The summed E-state index contributed by atoms with van der Waals surface area (Å²) in [6.45, 7) is 3.75. The summed E-state index contributed by atoms with van der Waals surface area (Å²) in [6.07, 6.45) is -4.98. The second-order valence-corrected chi connectivity index (χ2v) is 5.92. The van der Waals surface area contributed by atoms with Gasteiger partial charge in [-0.2, -0.15) is 13.2 Å². The Balaban J connectivity index is 1.70. The van der Waals surface area contributed by atoms with E-state index < -0.39 is 12.1 Å². The minimum absolute atomic E-state index is 0.0476. The fourth-order valence-electron chi connectivity index (χ4n) is 2.80. The van der Waals surface area contributed by atoms with E-state index >= 15 is 0 Å². The number of halogens is 3. The fraction of sp³-hybridized carbons (Fsp3) is 0.500. The number of benzene rings is 1. The van der Waals surface area contributed by atoms with Crippen LogP contribution in [0, 0.1) is 0 Å². The van der Waals surface area contributed by atoms with E-state index in [4.69, 9.17) is 9.47 Å². The van der Waals surface area contributed by atoms with E-state index in [0.29, 0.717) is 32.0 Å². The molecule has 3 rings (SSSR count). The van der Waals surface area contributed by atoms with Crippen molar-refractivity contribution in [2.24, 2.45) is 0 Å². The molecule has 1 saturated heterocycles.